The summed E-state index contributed by atoms with van der Waals surface area (Å²) in [5.74, 6) is 0.359. The Morgan fingerprint density at radius 1 is 1.27 bits per heavy atom. The molecule has 0 aliphatic carbocycles. The van der Waals surface area contributed by atoms with E-state index in [9.17, 15) is 14.4 Å². The molecule has 4 rings (SSSR count). The first-order valence-corrected chi connectivity index (χ1v) is 10.9. The third kappa shape index (κ3) is 4.54. The smallest absolute Gasteiger partial charge is 0.323 e. The molecule has 4 heterocycles. The fourth-order valence-electron chi connectivity index (χ4n) is 4.16. The number of carbonyl (C=O) groups is 3. The summed E-state index contributed by atoms with van der Waals surface area (Å²) in [7, 11) is 5.63. The van der Waals surface area contributed by atoms with Gasteiger partial charge in [0.2, 0.25) is 5.91 Å². The minimum Gasteiger partial charge on any atom is -0.332 e. The molecule has 33 heavy (non-hydrogen) atoms. The molecule has 2 aliphatic heterocycles. The number of hydrogen-bond acceptors (Lipinski definition) is 6. The monoisotopic (exact) mass is 454 g/mol. The molecule has 0 radical (unpaired) electrons. The summed E-state index contributed by atoms with van der Waals surface area (Å²) < 4.78 is 1.56. The molecule has 2 saturated heterocycles. The number of pyridine rings is 1. The third-order valence-electron chi connectivity index (χ3n) is 5.90. The summed E-state index contributed by atoms with van der Waals surface area (Å²) in [4.78, 5) is 47.8. The van der Waals surface area contributed by atoms with Crippen molar-refractivity contribution >= 4 is 35.2 Å². The molecule has 0 spiro atoms. The summed E-state index contributed by atoms with van der Waals surface area (Å²) in [6.45, 7) is 5.53. The predicted octanol–water partition coefficient (Wildman–Crippen LogP) is 1.29. The van der Waals surface area contributed by atoms with E-state index in [0.717, 1.165) is 0 Å². The summed E-state index contributed by atoms with van der Waals surface area (Å²) in [6, 6.07) is 4.73. The van der Waals surface area contributed by atoms with Crippen LogP contribution >= 0.6 is 0 Å². The van der Waals surface area contributed by atoms with E-state index in [1.54, 1.807) is 41.0 Å². The molecule has 176 valence electrons. The highest BCUT2D eigenvalue weighted by Gasteiger charge is 2.41. The highest BCUT2D eigenvalue weighted by molar-refractivity contribution is 6.07. The average Bonchev–Trinajstić information content (AvgIpc) is 3.37. The van der Waals surface area contributed by atoms with Gasteiger partial charge in [0, 0.05) is 25.6 Å². The number of nitrogens with zero attached hydrogens (tertiary/aromatic N) is 6. The fraction of sp³-hybridized carbons (Fsp3) is 0.500. The molecule has 2 N–H and O–H groups in total. The van der Waals surface area contributed by atoms with Gasteiger partial charge in [-0.1, -0.05) is 19.9 Å². The molecular weight excluding hydrogens is 424 g/mol. The lowest BCUT2D eigenvalue weighted by molar-refractivity contribution is -0.124. The van der Waals surface area contributed by atoms with Crippen molar-refractivity contribution in [2.24, 2.45) is 12.5 Å². The van der Waals surface area contributed by atoms with E-state index in [1.165, 1.54) is 4.90 Å². The Morgan fingerprint density at radius 3 is 2.70 bits per heavy atom. The van der Waals surface area contributed by atoms with Crippen molar-refractivity contribution in [3.8, 4) is 0 Å². The molecule has 2 fully saturated rings. The molecule has 4 amide bonds. The third-order valence-corrected chi connectivity index (χ3v) is 5.90. The number of likely N-dealkylation sites (N-methyl/N-ethyl adjacent to an activating group) is 1. The van der Waals surface area contributed by atoms with E-state index in [1.807, 2.05) is 32.8 Å². The van der Waals surface area contributed by atoms with Crippen LogP contribution in [0.4, 0.5) is 22.1 Å². The van der Waals surface area contributed by atoms with Crippen LogP contribution in [0.15, 0.2) is 24.4 Å². The maximum Gasteiger partial charge on any atom is 0.323 e. The molecule has 0 unspecified atom stereocenters. The van der Waals surface area contributed by atoms with E-state index in [4.69, 9.17) is 0 Å². The van der Waals surface area contributed by atoms with Gasteiger partial charge in [-0.05, 0) is 32.6 Å². The molecule has 11 heteroatoms. The number of nitrogens with one attached hydrogen (secondary N) is 2. The first-order chi connectivity index (χ1) is 15.5. The van der Waals surface area contributed by atoms with Gasteiger partial charge >= 0.3 is 6.03 Å². The fourth-order valence-corrected chi connectivity index (χ4v) is 4.16. The Balaban J connectivity index is 1.52. The number of carbonyl (C=O) groups excluding carboxylic acids is 3. The summed E-state index contributed by atoms with van der Waals surface area (Å²) in [6.07, 6.45) is 2.38. The number of hydrogen-bond donors (Lipinski definition) is 2. The number of anilines is 3. The van der Waals surface area contributed by atoms with Crippen LogP contribution in [0, 0.1) is 5.41 Å². The van der Waals surface area contributed by atoms with Crippen LogP contribution in [0.1, 0.15) is 30.8 Å². The van der Waals surface area contributed by atoms with Crippen LogP contribution in [0.5, 0.6) is 0 Å². The Kier molecular flexibility index (Phi) is 5.83. The lowest BCUT2D eigenvalue weighted by Gasteiger charge is -2.19. The van der Waals surface area contributed by atoms with Crippen molar-refractivity contribution in [1.82, 2.24) is 25.0 Å². The molecule has 0 bridgehead atoms. The second kappa shape index (κ2) is 8.47. The van der Waals surface area contributed by atoms with Gasteiger partial charge in [-0.15, -0.1) is 0 Å². The number of rotatable bonds is 6. The second-order valence-electron chi connectivity index (χ2n) is 9.49. The zero-order chi connectivity index (χ0) is 23.9. The van der Waals surface area contributed by atoms with Crippen molar-refractivity contribution in [3.63, 3.8) is 0 Å². The normalized spacial score (nSPS) is 20.0. The van der Waals surface area contributed by atoms with Crippen molar-refractivity contribution < 1.29 is 14.4 Å². The van der Waals surface area contributed by atoms with Crippen molar-refractivity contribution in [2.45, 2.75) is 26.3 Å². The Labute approximate surface area is 192 Å². The maximum atomic E-state index is 13.0. The largest absolute Gasteiger partial charge is 0.332 e. The molecule has 0 aromatic carbocycles. The molecule has 0 saturated carbocycles. The van der Waals surface area contributed by atoms with E-state index in [-0.39, 0.29) is 23.7 Å². The van der Waals surface area contributed by atoms with Crippen molar-refractivity contribution in [1.29, 1.82) is 0 Å². The first kappa shape index (κ1) is 22.7. The van der Waals surface area contributed by atoms with E-state index in [0.29, 0.717) is 43.4 Å². The summed E-state index contributed by atoms with van der Waals surface area (Å²) >= 11 is 0. The van der Waals surface area contributed by atoms with Gasteiger partial charge < -0.3 is 15.5 Å². The van der Waals surface area contributed by atoms with Gasteiger partial charge in [-0.3, -0.25) is 24.1 Å². The summed E-state index contributed by atoms with van der Waals surface area (Å²) in [5, 5.41) is 10.2. The molecule has 2 aromatic rings. The highest BCUT2D eigenvalue weighted by Crippen LogP contribution is 2.36. The van der Waals surface area contributed by atoms with Gasteiger partial charge in [0.05, 0.1) is 18.8 Å². The topological polar surface area (TPSA) is 116 Å². The van der Waals surface area contributed by atoms with Crippen LogP contribution in [0.3, 0.4) is 0 Å². The van der Waals surface area contributed by atoms with Crippen LogP contribution in [0.2, 0.25) is 0 Å². The molecule has 11 nitrogen and oxygen atoms in total. The number of amides is 4. The second-order valence-corrected chi connectivity index (χ2v) is 9.49. The van der Waals surface area contributed by atoms with Crippen LogP contribution < -0.4 is 20.4 Å². The van der Waals surface area contributed by atoms with Crippen LogP contribution in [0.25, 0.3) is 0 Å². The zero-order valence-electron chi connectivity index (χ0n) is 19.6. The predicted molar refractivity (Wildman–Crippen MR) is 124 cm³/mol. The van der Waals surface area contributed by atoms with Crippen molar-refractivity contribution in [2.75, 3.05) is 48.8 Å². The maximum absolute atomic E-state index is 13.0. The minimum absolute atomic E-state index is 0.0213. The van der Waals surface area contributed by atoms with Gasteiger partial charge in [-0.2, -0.15) is 5.10 Å². The molecule has 1 atom stereocenters. The number of aromatic nitrogens is 3. The minimum atomic E-state index is -0.463. The van der Waals surface area contributed by atoms with Gasteiger partial charge in [-0.25, -0.2) is 9.78 Å². The van der Waals surface area contributed by atoms with Gasteiger partial charge in [0.1, 0.15) is 17.2 Å². The molecule has 2 aromatic heterocycles. The molecular formula is C22H30N8O3. The lowest BCUT2D eigenvalue weighted by Crippen LogP contribution is -2.36. The molecule has 2 aliphatic rings. The van der Waals surface area contributed by atoms with Gasteiger partial charge in [0.25, 0.3) is 5.91 Å². The lowest BCUT2D eigenvalue weighted by atomic mass is 9.92. The standard InChI is InChI=1S/C22H30N8O3/c1-22(2)9-10-29(20(22)32)18-16(13-28(5)26-18)25-19(31)15-7-6-8-17(24-15)30-12-14(11-27(3)4)23-21(30)33/h6-8,13-14H,9-12H2,1-5H3,(H,23,33)(H,25,31)/t14-/m1/s1. The average molecular weight is 455 g/mol. The van der Waals surface area contributed by atoms with E-state index >= 15 is 0 Å². The van der Waals surface area contributed by atoms with Crippen LogP contribution in [-0.2, 0) is 11.8 Å². The first-order valence-electron chi connectivity index (χ1n) is 10.9. The van der Waals surface area contributed by atoms with Crippen molar-refractivity contribution in [3.05, 3.63) is 30.1 Å². The Hall–Kier alpha value is -3.47. The number of urea groups is 1. The van der Waals surface area contributed by atoms with E-state index in [2.05, 4.69) is 20.7 Å². The SMILES string of the molecule is CN(C)C[C@@H]1CN(c2cccc(C(=O)Nc3cn(C)nc3N3CCC(C)(C)C3=O)n2)C(=O)N1. The highest BCUT2D eigenvalue weighted by atomic mass is 16.2. The Bertz CT molecular complexity index is 1090. The van der Waals surface area contributed by atoms with Crippen LogP contribution in [-0.4, -0.2) is 77.3 Å². The zero-order valence-corrected chi connectivity index (χ0v) is 19.6. The quantitative estimate of drug-likeness (QED) is 0.680. The van der Waals surface area contributed by atoms with Gasteiger partial charge in [0.15, 0.2) is 5.82 Å². The number of aryl methyl sites for hydroxylation is 1. The summed E-state index contributed by atoms with van der Waals surface area (Å²) in [5.41, 5.74) is 0.139. The van der Waals surface area contributed by atoms with E-state index < -0.39 is 11.3 Å². The Morgan fingerprint density at radius 2 is 2.03 bits per heavy atom.